The molecule has 0 aromatic rings. The highest BCUT2D eigenvalue weighted by molar-refractivity contribution is 6.40. The third-order valence-corrected chi connectivity index (χ3v) is 2.22. The summed E-state index contributed by atoms with van der Waals surface area (Å²) in [5, 5.41) is 7.02. The molecular weight excluding hydrogens is 182 g/mol. The summed E-state index contributed by atoms with van der Waals surface area (Å²) in [7, 11) is 0. The van der Waals surface area contributed by atoms with Gasteiger partial charge in [0.25, 0.3) is 5.91 Å². The van der Waals surface area contributed by atoms with Crippen LogP contribution in [0.3, 0.4) is 0 Å². The molecule has 0 saturated carbocycles. The first-order valence-electron chi connectivity index (χ1n) is 3.78. The van der Waals surface area contributed by atoms with Crippen molar-refractivity contribution in [2.75, 3.05) is 13.1 Å². The average Bonchev–Trinajstić information content (AvgIpc) is 2.53. The number of hydrogen-bond donors (Lipinski definition) is 1. The van der Waals surface area contributed by atoms with Crippen LogP contribution in [0.5, 0.6) is 0 Å². The van der Waals surface area contributed by atoms with Crippen LogP contribution in [-0.2, 0) is 9.59 Å². The van der Waals surface area contributed by atoms with E-state index >= 15 is 0 Å². The summed E-state index contributed by atoms with van der Waals surface area (Å²) in [6.07, 6.45) is 1.88. The zero-order chi connectivity index (χ0) is 9.14. The third-order valence-electron chi connectivity index (χ3n) is 1.85. The number of amides is 1. The maximum atomic E-state index is 11.2. The Hall–Kier alpha value is -0.770. The Morgan fingerprint density at radius 2 is 1.83 bits per heavy atom. The van der Waals surface area contributed by atoms with E-state index in [4.69, 9.17) is 16.7 Å². The number of carboxylic acid groups (broad SMARTS) is 1. The van der Waals surface area contributed by atoms with Crippen molar-refractivity contribution in [1.82, 2.24) is 4.90 Å². The van der Waals surface area contributed by atoms with Gasteiger partial charge in [0.15, 0.2) is 0 Å². The van der Waals surface area contributed by atoms with Gasteiger partial charge in [-0.05, 0) is 12.8 Å². The summed E-state index contributed by atoms with van der Waals surface area (Å²) in [5.41, 5.74) is 0. The van der Waals surface area contributed by atoms with E-state index in [0.717, 1.165) is 12.8 Å². The van der Waals surface area contributed by atoms with Gasteiger partial charge in [-0.25, -0.2) is 0 Å². The summed E-state index contributed by atoms with van der Waals surface area (Å²) in [4.78, 5) is 23.0. The van der Waals surface area contributed by atoms with Gasteiger partial charge >= 0.3 is 5.97 Å². The van der Waals surface area contributed by atoms with Crippen LogP contribution in [0.1, 0.15) is 12.8 Å². The topological polar surface area (TPSA) is 57.6 Å². The number of nitrogens with zero attached hydrogens (tertiary/aromatic N) is 1. The minimum atomic E-state index is -1.41. The molecule has 1 aliphatic heterocycles. The predicted molar refractivity (Wildman–Crippen MR) is 43.1 cm³/mol. The van der Waals surface area contributed by atoms with Crippen molar-refractivity contribution in [3.05, 3.63) is 0 Å². The van der Waals surface area contributed by atoms with Gasteiger partial charge in [-0.1, -0.05) is 11.6 Å². The molecule has 4 nitrogen and oxygen atoms in total. The summed E-state index contributed by atoms with van der Waals surface area (Å²) in [6, 6.07) is 0. The van der Waals surface area contributed by atoms with Gasteiger partial charge in [0, 0.05) is 13.1 Å². The molecule has 0 aromatic carbocycles. The van der Waals surface area contributed by atoms with Gasteiger partial charge in [-0.2, -0.15) is 0 Å². The van der Waals surface area contributed by atoms with E-state index in [9.17, 15) is 9.59 Å². The number of carbonyl (C=O) groups is 2. The normalized spacial score (nSPS) is 19.2. The van der Waals surface area contributed by atoms with E-state index < -0.39 is 17.3 Å². The first-order chi connectivity index (χ1) is 5.63. The quantitative estimate of drug-likeness (QED) is 0.505. The van der Waals surface area contributed by atoms with Gasteiger partial charge in [0.2, 0.25) is 5.38 Å². The highest BCUT2D eigenvalue weighted by Crippen LogP contribution is 2.11. The Labute approximate surface area is 75.1 Å². The second kappa shape index (κ2) is 3.76. The minimum Gasteiger partial charge on any atom is -0.480 e. The smallest absolute Gasteiger partial charge is 0.331 e. The zero-order valence-corrected chi connectivity index (χ0v) is 7.25. The van der Waals surface area contributed by atoms with Crippen LogP contribution < -0.4 is 0 Å². The second-order valence-electron chi connectivity index (χ2n) is 2.73. The highest BCUT2D eigenvalue weighted by atomic mass is 35.5. The van der Waals surface area contributed by atoms with Gasteiger partial charge in [-0.15, -0.1) is 0 Å². The molecule has 0 radical (unpaired) electrons. The molecule has 0 aromatic heterocycles. The number of alkyl halides is 1. The van der Waals surface area contributed by atoms with Gasteiger partial charge in [0.05, 0.1) is 0 Å². The Morgan fingerprint density at radius 1 is 1.33 bits per heavy atom. The fourth-order valence-electron chi connectivity index (χ4n) is 1.20. The standard InChI is InChI=1S/C7H10ClNO3/c8-5(7(11)12)6(10)9-3-1-2-4-9/h5H,1-4H2,(H,11,12). The Kier molecular flexibility index (Phi) is 2.92. The maximum Gasteiger partial charge on any atom is 0.331 e. The molecule has 12 heavy (non-hydrogen) atoms. The highest BCUT2D eigenvalue weighted by Gasteiger charge is 2.29. The number of rotatable bonds is 2. The molecule has 0 aliphatic carbocycles. The van der Waals surface area contributed by atoms with Crippen LogP contribution in [0.25, 0.3) is 0 Å². The number of aliphatic carboxylic acids is 1. The Morgan fingerprint density at radius 3 is 2.25 bits per heavy atom. The number of likely N-dealkylation sites (tertiary alicyclic amines) is 1. The van der Waals surface area contributed by atoms with Crippen molar-refractivity contribution in [2.45, 2.75) is 18.2 Å². The average molecular weight is 192 g/mol. The molecule has 0 spiro atoms. The molecular formula is C7H10ClNO3. The molecule has 1 amide bonds. The van der Waals surface area contributed by atoms with E-state index in [1.165, 1.54) is 4.90 Å². The van der Waals surface area contributed by atoms with Crippen molar-refractivity contribution in [1.29, 1.82) is 0 Å². The van der Waals surface area contributed by atoms with E-state index in [1.54, 1.807) is 0 Å². The monoisotopic (exact) mass is 191 g/mol. The lowest BCUT2D eigenvalue weighted by Gasteiger charge is -2.16. The molecule has 1 saturated heterocycles. The Bertz CT molecular complexity index is 201. The van der Waals surface area contributed by atoms with Crippen LogP contribution in [0.15, 0.2) is 0 Å². The molecule has 68 valence electrons. The van der Waals surface area contributed by atoms with Crippen molar-refractivity contribution >= 4 is 23.5 Å². The minimum absolute atomic E-state index is 0.485. The fourth-order valence-corrected chi connectivity index (χ4v) is 1.34. The first kappa shape index (κ1) is 9.32. The van der Waals surface area contributed by atoms with Gasteiger partial charge in [-0.3, -0.25) is 9.59 Å². The number of carboxylic acids is 1. The molecule has 0 bridgehead atoms. The van der Waals surface area contributed by atoms with Gasteiger partial charge < -0.3 is 10.0 Å². The largest absolute Gasteiger partial charge is 0.480 e. The van der Waals surface area contributed by atoms with Crippen LogP contribution in [-0.4, -0.2) is 40.3 Å². The Balaban J connectivity index is 2.51. The molecule has 1 aliphatic rings. The van der Waals surface area contributed by atoms with E-state index in [-0.39, 0.29) is 0 Å². The first-order valence-corrected chi connectivity index (χ1v) is 4.22. The van der Waals surface area contributed by atoms with Crippen molar-refractivity contribution in [3.63, 3.8) is 0 Å². The molecule has 1 heterocycles. The fraction of sp³-hybridized carbons (Fsp3) is 0.714. The molecule has 1 fully saturated rings. The van der Waals surface area contributed by atoms with Crippen molar-refractivity contribution in [3.8, 4) is 0 Å². The van der Waals surface area contributed by atoms with Crippen molar-refractivity contribution in [2.24, 2.45) is 0 Å². The summed E-state index contributed by atoms with van der Waals surface area (Å²) >= 11 is 5.36. The number of halogens is 1. The third kappa shape index (κ3) is 1.88. The predicted octanol–water partition coefficient (Wildman–Crippen LogP) is 0.301. The van der Waals surface area contributed by atoms with Crippen molar-refractivity contribution < 1.29 is 14.7 Å². The van der Waals surface area contributed by atoms with Crippen LogP contribution in [0, 0.1) is 0 Å². The van der Waals surface area contributed by atoms with Crippen LogP contribution in [0.4, 0.5) is 0 Å². The van der Waals surface area contributed by atoms with Crippen LogP contribution >= 0.6 is 11.6 Å². The summed E-state index contributed by atoms with van der Waals surface area (Å²) < 4.78 is 0. The molecule has 1 unspecified atom stereocenters. The van der Waals surface area contributed by atoms with E-state index in [1.807, 2.05) is 0 Å². The second-order valence-corrected chi connectivity index (χ2v) is 3.17. The summed E-state index contributed by atoms with van der Waals surface area (Å²) in [6.45, 7) is 1.27. The van der Waals surface area contributed by atoms with E-state index in [2.05, 4.69) is 0 Å². The molecule has 5 heteroatoms. The maximum absolute atomic E-state index is 11.2. The SMILES string of the molecule is O=C(O)C(Cl)C(=O)N1CCCC1. The lowest BCUT2D eigenvalue weighted by molar-refractivity contribution is -0.143. The van der Waals surface area contributed by atoms with E-state index in [0.29, 0.717) is 13.1 Å². The number of carbonyl (C=O) groups excluding carboxylic acids is 1. The molecule has 1 rings (SSSR count). The molecule has 1 atom stereocenters. The number of hydrogen-bond acceptors (Lipinski definition) is 2. The molecule has 1 N–H and O–H groups in total. The zero-order valence-electron chi connectivity index (χ0n) is 6.49. The lowest BCUT2D eigenvalue weighted by atomic mass is 10.3. The van der Waals surface area contributed by atoms with Crippen LogP contribution in [0.2, 0.25) is 0 Å². The lowest BCUT2D eigenvalue weighted by Crippen LogP contribution is -2.38. The van der Waals surface area contributed by atoms with Gasteiger partial charge in [0.1, 0.15) is 0 Å². The summed E-state index contributed by atoms with van der Waals surface area (Å²) in [5.74, 6) is -1.75.